The molecule has 8 heteroatoms. The van der Waals surface area contributed by atoms with Crippen LogP contribution in [0, 0.1) is 11.3 Å². The average Bonchev–Trinajstić information content (AvgIpc) is 3.71. The number of hydrogen-bond acceptors (Lipinski definition) is 6. The zero-order valence-electron chi connectivity index (χ0n) is 18.2. The minimum Gasteiger partial charge on any atom is -0.361 e. The zero-order chi connectivity index (χ0) is 22.6. The lowest BCUT2D eigenvalue weighted by Crippen LogP contribution is -2.15. The number of aryl methyl sites for hydroxylation is 1. The quantitative estimate of drug-likeness (QED) is 0.578. The fraction of sp³-hybridized carbons (Fsp3) is 0.400. The first-order valence-electron chi connectivity index (χ1n) is 11.6. The van der Waals surface area contributed by atoms with Crippen LogP contribution in [-0.2, 0) is 11.2 Å². The number of anilines is 1. The largest absolute Gasteiger partial charge is 0.361 e. The molecular formula is C25H25N5O3. The Kier molecular flexibility index (Phi) is 4.57. The van der Waals surface area contributed by atoms with Crippen molar-refractivity contribution < 1.29 is 14.1 Å². The maximum absolute atomic E-state index is 12.5. The molecule has 3 aromatic rings. The Morgan fingerprint density at radius 3 is 2.73 bits per heavy atom. The Bertz CT molecular complexity index is 1260. The second-order valence-corrected chi connectivity index (χ2v) is 9.57. The third-order valence-electron chi connectivity index (χ3n) is 7.41. The van der Waals surface area contributed by atoms with Crippen molar-refractivity contribution in [1.82, 2.24) is 15.1 Å². The average molecular weight is 444 g/mol. The summed E-state index contributed by atoms with van der Waals surface area (Å²) in [5, 5.41) is 7.03. The number of nitrogens with zero attached hydrogens (tertiary/aromatic N) is 3. The van der Waals surface area contributed by atoms with E-state index in [1.165, 1.54) is 18.4 Å². The Balaban J connectivity index is 1.26. The Labute approximate surface area is 191 Å². The van der Waals surface area contributed by atoms with Crippen molar-refractivity contribution in [3.05, 3.63) is 59.4 Å². The van der Waals surface area contributed by atoms with Crippen LogP contribution in [0.1, 0.15) is 72.1 Å². The fourth-order valence-electron chi connectivity index (χ4n) is 5.23. The number of benzene rings is 1. The molecule has 3 N–H and O–H groups in total. The number of pyridine rings is 1. The van der Waals surface area contributed by atoms with Crippen molar-refractivity contribution in [3.63, 3.8) is 0 Å². The monoisotopic (exact) mass is 443 g/mol. The van der Waals surface area contributed by atoms with Crippen LogP contribution < -0.4 is 11.1 Å². The number of nitrogens with one attached hydrogen (secondary N) is 1. The summed E-state index contributed by atoms with van der Waals surface area (Å²) in [5.74, 6) is 0.449. The molecule has 0 aliphatic heterocycles. The number of aromatic nitrogens is 3. The highest BCUT2D eigenvalue weighted by molar-refractivity contribution is 5.95. The maximum atomic E-state index is 12.5. The molecule has 1 spiro atoms. The summed E-state index contributed by atoms with van der Waals surface area (Å²) >= 11 is 0. The number of nitrogens with two attached hydrogens (primary N) is 1. The number of hydrogen-bond donors (Lipinski definition) is 2. The number of carbonyl (C=O) groups excluding carboxylic acids is 2. The maximum Gasteiger partial charge on any atom is 0.315 e. The highest BCUT2D eigenvalue weighted by Gasteiger charge is 2.65. The van der Waals surface area contributed by atoms with E-state index in [-0.39, 0.29) is 23.6 Å². The van der Waals surface area contributed by atoms with Crippen LogP contribution in [0.2, 0.25) is 0 Å². The summed E-state index contributed by atoms with van der Waals surface area (Å²) in [6.45, 7) is 0. The van der Waals surface area contributed by atoms with Crippen molar-refractivity contribution in [2.45, 2.75) is 50.9 Å². The second-order valence-electron chi connectivity index (χ2n) is 9.57. The molecule has 3 aliphatic carbocycles. The molecule has 2 atom stereocenters. The number of carbonyl (C=O) groups is 2. The minimum absolute atomic E-state index is 0.0334. The molecule has 0 saturated heterocycles. The van der Waals surface area contributed by atoms with E-state index in [9.17, 15) is 9.59 Å². The van der Waals surface area contributed by atoms with Gasteiger partial charge in [0, 0.05) is 18.0 Å². The Hall–Kier alpha value is -3.55. The van der Waals surface area contributed by atoms with Gasteiger partial charge >= 0.3 is 11.8 Å². The van der Waals surface area contributed by atoms with E-state index >= 15 is 0 Å². The van der Waals surface area contributed by atoms with Crippen LogP contribution in [0.4, 0.5) is 5.82 Å². The molecule has 1 aromatic carbocycles. The molecule has 6 rings (SSSR count). The second kappa shape index (κ2) is 7.50. The molecule has 33 heavy (non-hydrogen) atoms. The van der Waals surface area contributed by atoms with Crippen LogP contribution in [-0.4, -0.2) is 26.9 Å². The molecular weight excluding hydrogens is 418 g/mol. The minimum atomic E-state index is -0.715. The molecule has 0 unspecified atom stereocenters. The molecule has 3 aliphatic rings. The normalized spacial score (nSPS) is 22.3. The van der Waals surface area contributed by atoms with Gasteiger partial charge in [-0.05, 0) is 78.3 Å². The summed E-state index contributed by atoms with van der Waals surface area (Å²) in [7, 11) is 0. The lowest BCUT2D eigenvalue weighted by molar-refractivity contribution is -0.117. The van der Waals surface area contributed by atoms with Gasteiger partial charge in [-0.15, -0.1) is 0 Å². The van der Waals surface area contributed by atoms with E-state index < -0.39 is 5.91 Å². The van der Waals surface area contributed by atoms with Crippen LogP contribution in [0.5, 0.6) is 0 Å². The zero-order valence-corrected chi connectivity index (χ0v) is 18.2. The molecule has 2 fully saturated rings. The lowest BCUT2D eigenvalue weighted by atomic mass is 9.90. The van der Waals surface area contributed by atoms with Gasteiger partial charge < -0.3 is 15.6 Å². The summed E-state index contributed by atoms with van der Waals surface area (Å²) < 4.78 is 5.03. The highest BCUT2D eigenvalue weighted by atomic mass is 16.5. The number of primary amides is 1. The Morgan fingerprint density at radius 2 is 1.97 bits per heavy atom. The molecule has 168 valence electrons. The lowest BCUT2D eigenvalue weighted by Gasteiger charge is -2.15. The van der Waals surface area contributed by atoms with Crippen LogP contribution in [0.25, 0.3) is 11.1 Å². The number of amides is 2. The van der Waals surface area contributed by atoms with Gasteiger partial charge in [0.1, 0.15) is 5.82 Å². The molecule has 0 bridgehead atoms. The molecule has 2 heterocycles. The van der Waals surface area contributed by atoms with Gasteiger partial charge in [0.15, 0.2) is 5.82 Å². The summed E-state index contributed by atoms with van der Waals surface area (Å²) in [6, 6.07) is 10.3. The number of fused-ring (bicyclic) bond motifs is 1. The van der Waals surface area contributed by atoms with Crippen LogP contribution in [0.15, 0.2) is 41.1 Å². The van der Waals surface area contributed by atoms with Crippen LogP contribution >= 0.6 is 0 Å². The van der Waals surface area contributed by atoms with Crippen molar-refractivity contribution >= 4 is 17.6 Å². The third kappa shape index (κ3) is 3.69. The van der Waals surface area contributed by atoms with Gasteiger partial charge in [-0.25, -0.2) is 4.98 Å². The van der Waals surface area contributed by atoms with Crippen molar-refractivity contribution in [2.75, 3.05) is 5.32 Å². The van der Waals surface area contributed by atoms with E-state index in [1.54, 1.807) is 6.20 Å². The van der Waals surface area contributed by atoms with Gasteiger partial charge in [-0.3, -0.25) is 9.59 Å². The first-order valence-corrected chi connectivity index (χ1v) is 11.6. The summed E-state index contributed by atoms with van der Waals surface area (Å²) in [4.78, 5) is 32.5. The number of rotatable bonds is 5. The van der Waals surface area contributed by atoms with Crippen molar-refractivity contribution in [1.29, 1.82) is 0 Å². The van der Waals surface area contributed by atoms with Gasteiger partial charge in [-0.2, -0.15) is 4.98 Å². The van der Waals surface area contributed by atoms with E-state index in [1.807, 2.05) is 12.1 Å². The van der Waals surface area contributed by atoms with Gasteiger partial charge in [0.2, 0.25) is 5.91 Å². The van der Waals surface area contributed by atoms with E-state index in [0.29, 0.717) is 17.1 Å². The fourth-order valence-corrected chi connectivity index (χ4v) is 5.23. The standard InChI is InChI=1S/C25H25N5O3/c26-21(31)24-29-22(30-33-24)18-4-2-1-3-16-11-14(5-6-17(16)18)15-7-10-27-20(12-15)28-23(32)19-13-25(19)8-9-25/h5-7,10-12,18-19H,1-4,8-9,13H2,(H2,26,31)(H,27,28,32)/t18-,19-/m1/s1. The first kappa shape index (κ1) is 20.1. The first-order chi connectivity index (χ1) is 16.0. The summed E-state index contributed by atoms with van der Waals surface area (Å²) in [5.41, 5.74) is 10.1. The van der Waals surface area contributed by atoms with Crippen molar-refractivity contribution in [2.24, 2.45) is 17.1 Å². The molecule has 0 radical (unpaired) electrons. The molecule has 8 nitrogen and oxygen atoms in total. The Morgan fingerprint density at radius 1 is 1.12 bits per heavy atom. The molecule has 2 aromatic heterocycles. The third-order valence-corrected chi connectivity index (χ3v) is 7.41. The molecule has 2 saturated carbocycles. The predicted octanol–water partition coefficient (Wildman–Crippen LogP) is 3.83. The molecule has 2 amide bonds. The van der Waals surface area contributed by atoms with Gasteiger partial charge in [0.25, 0.3) is 0 Å². The van der Waals surface area contributed by atoms with Crippen molar-refractivity contribution in [3.8, 4) is 11.1 Å². The van der Waals surface area contributed by atoms with E-state index in [0.717, 1.165) is 48.8 Å². The van der Waals surface area contributed by atoms with Crippen LogP contribution in [0.3, 0.4) is 0 Å². The van der Waals surface area contributed by atoms with E-state index in [4.69, 9.17) is 10.3 Å². The topological polar surface area (TPSA) is 124 Å². The van der Waals surface area contributed by atoms with Gasteiger partial charge in [-0.1, -0.05) is 29.8 Å². The van der Waals surface area contributed by atoms with E-state index in [2.05, 4.69) is 38.6 Å². The highest BCUT2D eigenvalue weighted by Crippen LogP contribution is 2.70. The smallest absolute Gasteiger partial charge is 0.315 e. The SMILES string of the molecule is NC(=O)c1nc([C@@H]2CCCCc3cc(-c4ccnc(NC(=O)[C@H]5CC56CC6)c4)ccc32)no1. The predicted molar refractivity (Wildman–Crippen MR) is 120 cm³/mol. The summed E-state index contributed by atoms with van der Waals surface area (Å²) in [6.07, 6.45) is 9.06. The van der Waals surface area contributed by atoms with Gasteiger partial charge in [0.05, 0.1) is 0 Å².